The van der Waals surface area contributed by atoms with Gasteiger partial charge in [0, 0.05) is 12.6 Å². The lowest BCUT2D eigenvalue weighted by Crippen LogP contribution is -2.36. The summed E-state index contributed by atoms with van der Waals surface area (Å²) >= 11 is 0. The van der Waals surface area contributed by atoms with E-state index in [2.05, 4.69) is 16.5 Å². The van der Waals surface area contributed by atoms with E-state index in [9.17, 15) is 8.42 Å². The molecule has 1 unspecified atom stereocenters. The molecule has 3 rings (SSSR count). The van der Waals surface area contributed by atoms with Crippen LogP contribution in [0.4, 0.5) is 0 Å². The molecule has 1 aliphatic rings. The molecule has 0 aliphatic carbocycles. The van der Waals surface area contributed by atoms with Crippen molar-refractivity contribution in [3.05, 3.63) is 59.7 Å². The maximum Gasteiger partial charge on any atom is 0.240 e. The summed E-state index contributed by atoms with van der Waals surface area (Å²) in [6.07, 6.45) is 3.18. The number of rotatable bonds is 8. The maximum absolute atomic E-state index is 12.8. The van der Waals surface area contributed by atoms with Crippen LogP contribution in [-0.2, 0) is 16.4 Å². The number of likely N-dealkylation sites (tertiary alicyclic amines) is 1. The molecule has 1 fully saturated rings. The van der Waals surface area contributed by atoms with Crippen LogP contribution < -0.4 is 9.46 Å². The molecular weight excluding hydrogens is 360 g/mol. The lowest BCUT2D eigenvalue weighted by molar-refractivity contribution is 0.246. The minimum absolute atomic E-state index is 0.00714. The van der Waals surface area contributed by atoms with Crippen LogP contribution in [0, 0.1) is 0 Å². The summed E-state index contributed by atoms with van der Waals surface area (Å²) in [6.45, 7) is 4.35. The molecular formula is C21H28N2O3S. The van der Waals surface area contributed by atoms with E-state index in [1.165, 1.54) is 0 Å². The first-order valence-electron chi connectivity index (χ1n) is 9.50. The second-order valence-corrected chi connectivity index (χ2v) is 8.65. The molecule has 0 saturated carbocycles. The number of aryl methyl sites for hydroxylation is 1. The fourth-order valence-electron chi connectivity index (χ4n) is 3.54. The fraction of sp³-hybridized carbons (Fsp3) is 0.429. The standard InChI is InChI=1S/C21H28N2O3S/c1-3-17-9-11-20(12-10-17)27(24,25)22-16-21(23-13-4-5-14-23)18-7-6-8-19(15-18)26-2/h6-12,15,21-22H,3-5,13-14,16H2,1-2H3. The fourth-order valence-corrected chi connectivity index (χ4v) is 4.57. The van der Waals surface area contributed by atoms with Gasteiger partial charge in [-0.25, -0.2) is 13.1 Å². The largest absolute Gasteiger partial charge is 0.497 e. The highest BCUT2D eigenvalue weighted by Crippen LogP contribution is 2.27. The van der Waals surface area contributed by atoms with Crippen molar-refractivity contribution < 1.29 is 13.2 Å². The third-order valence-corrected chi connectivity index (χ3v) is 6.61. The van der Waals surface area contributed by atoms with Gasteiger partial charge in [-0.2, -0.15) is 0 Å². The molecule has 1 heterocycles. The predicted octanol–water partition coefficient (Wildman–Crippen LogP) is 3.37. The van der Waals surface area contributed by atoms with Crippen LogP contribution in [0.1, 0.15) is 36.9 Å². The van der Waals surface area contributed by atoms with Crippen LogP contribution >= 0.6 is 0 Å². The molecule has 1 N–H and O–H groups in total. The number of nitrogens with zero attached hydrogens (tertiary/aromatic N) is 1. The monoisotopic (exact) mass is 388 g/mol. The summed E-state index contributed by atoms with van der Waals surface area (Å²) < 4.78 is 33.7. The van der Waals surface area contributed by atoms with Crippen molar-refractivity contribution in [1.82, 2.24) is 9.62 Å². The molecule has 1 saturated heterocycles. The van der Waals surface area contributed by atoms with Crippen LogP contribution in [0.15, 0.2) is 53.4 Å². The summed E-state index contributed by atoms with van der Waals surface area (Å²) in [7, 11) is -1.90. The van der Waals surface area contributed by atoms with Gasteiger partial charge in [-0.05, 0) is 67.7 Å². The van der Waals surface area contributed by atoms with Crippen LogP contribution in [0.3, 0.4) is 0 Å². The normalized spacial score (nSPS) is 16.4. The van der Waals surface area contributed by atoms with Gasteiger partial charge in [0.15, 0.2) is 0 Å². The van der Waals surface area contributed by atoms with Crippen molar-refractivity contribution in [2.45, 2.75) is 37.1 Å². The van der Waals surface area contributed by atoms with Crippen LogP contribution in [0.2, 0.25) is 0 Å². The molecule has 146 valence electrons. The first-order chi connectivity index (χ1) is 13.0. The quantitative estimate of drug-likeness (QED) is 0.753. The zero-order chi connectivity index (χ0) is 19.3. The zero-order valence-corrected chi connectivity index (χ0v) is 16.8. The van der Waals surface area contributed by atoms with E-state index in [1.807, 2.05) is 36.4 Å². The third kappa shape index (κ3) is 4.89. The number of nitrogens with one attached hydrogen (secondary N) is 1. The molecule has 1 atom stereocenters. The minimum Gasteiger partial charge on any atom is -0.497 e. The summed E-state index contributed by atoms with van der Waals surface area (Å²) in [5, 5.41) is 0. The van der Waals surface area contributed by atoms with Gasteiger partial charge in [0.2, 0.25) is 10.0 Å². The topological polar surface area (TPSA) is 58.6 Å². The van der Waals surface area contributed by atoms with Crippen molar-refractivity contribution in [1.29, 1.82) is 0 Å². The molecule has 27 heavy (non-hydrogen) atoms. The average Bonchev–Trinajstić information content (AvgIpc) is 3.23. The molecule has 1 aliphatic heterocycles. The van der Waals surface area contributed by atoms with Crippen LogP contribution in [-0.4, -0.2) is 40.1 Å². The van der Waals surface area contributed by atoms with Gasteiger partial charge in [0.25, 0.3) is 0 Å². The Kier molecular flexibility index (Phi) is 6.52. The Morgan fingerprint density at radius 3 is 2.44 bits per heavy atom. The molecule has 0 aromatic heterocycles. The van der Waals surface area contributed by atoms with Crippen molar-refractivity contribution in [2.24, 2.45) is 0 Å². The first kappa shape index (κ1) is 19.9. The Morgan fingerprint density at radius 1 is 1.11 bits per heavy atom. The van der Waals surface area contributed by atoms with Gasteiger partial charge in [-0.3, -0.25) is 4.90 Å². The molecule has 0 radical (unpaired) electrons. The van der Waals surface area contributed by atoms with E-state index in [-0.39, 0.29) is 6.04 Å². The second-order valence-electron chi connectivity index (χ2n) is 6.88. The van der Waals surface area contributed by atoms with Gasteiger partial charge in [0.1, 0.15) is 5.75 Å². The average molecular weight is 389 g/mol. The number of methoxy groups -OCH3 is 1. The van der Waals surface area contributed by atoms with Crippen LogP contribution in [0.5, 0.6) is 5.75 Å². The van der Waals surface area contributed by atoms with Gasteiger partial charge in [-0.1, -0.05) is 31.2 Å². The Bertz CT molecular complexity index is 844. The van der Waals surface area contributed by atoms with Crippen molar-refractivity contribution in [2.75, 3.05) is 26.7 Å². The van der Waals surface area contributed by atoms with Crippen molar-refractivity contribution >= 4 is 10.0 Å². The zero-order valence-electron chi connectivity index (χ0n) is 16.0. The summed E-state index contributed by atoms with van der Waals surface area (Å²) in [5.74, 6) is 0.787. The number of benzene rings is 2. The highest BCUT2D eigenvalue weighted by atomic mass is 32.2. The number of ether oxygens (including phenoxy) is 1. The molecule has 5 nitrogen and oxygen atoms in total. The first-order valence-corrected chi connectivity index (χ1v) is 11.0. The Morgan fingerprint density at radius 2 is 1.81 bits per heavy atom. The lowest BCUT2D eigenvalue weighted by atomic mass is 10.1. The number of sulfonamides is 1. The van der Waals surface area contributed by atoms with E-state index in [0.29, 0.717) is 11.4 Å². The van der Waals surface area contributed by atoms with E-state index >= 15 is 0 Å². The van der Waals surface area contributed by atoms with Gasteiger partial charge >= 0.3 is 0 Å². The Labute approximate surface area is 162 Å². The van der Waals surface area contributed by atoms with E-state index < -0.39 is 10.0 Å². The molecule has 0 amide bonds. The van der Waals surface area contributed by atoms with E-state index in [1.54, 1.807) is 19.2 Å². The predicted molar refractivity (Wildman–Crippen MR) is 108 cm³/mol. The maximum atomic E-state index is 12.8. The van der Waals surface area contributed by atoms with Gasteiger partial charge in [-0.15, -0.1) is 0 Å². The summed E-state index contributed by atoms with van der Waals surface area (Å²) in [6, 6.07) is 15.0. The highest BCUT2D eigenvalue weighted by Gasteiger charge is 2.26. The SMILES string of the molecule is CCc1ccc(S(=O)(=O)NCC(c2cccc(OC)c2)N2CCCC2)cc1. The minimum atomic E-state index is -3.54. The lowest BCUT2D eigenvalue weighted by Gasteiger charge is -2.28. The smallest absolute Gasteiger partial charge is 0.240 e. The highest BCUT2D eigenvalue weighted by molar-refractivity contribution is 7.89. The molecule has 0 bridgehead atoms. The summed E-state index contributed by atoms with van der Waals surface area (Å²) in [5.41, 5.74) is 2.19. The summed E-state index contributed by atoms with van der Waals surface area (Å²) in [4.78, 5) is 2.66. The van der Waals surface area contributed by atoms with Gasteiger partial charge < -0.3 is 4.74 Å². The van der Waals surface area contributed by atoms with Crippen LogP contribution in [0.25, 0.3) is 0 Å². The van der Waals surface area contributed by atoms with Crippen molar-refractivity contribution in [3.63, 3.8) is 0 Å². The van der Waals surface area contributed by atoms with E-state index in [0.717, 1.165) is 49.2 Å². The van der Waals surface area contributed by atoms with Gasteiger partial charge in [0.05, 0.1) is 12.0 Å². The molecule has 0 spiro atoms. The number of hydrogen-bond donors (Lipinski definition) is 1. The third-order valence-electron chi connectivity index (χ3n) is 5.17. The Balaban J connectivity index is 1.79. The Hall–Kier alpha value is -1.89. The van der Waals surface area contributed by atoms with E-state index in [4.69, 9.17) is 4.74 Å². The number of hydrogen-bond acceptors (Lipinski definition) is 4. The molecule has 2 aromatic carbocycles. The van der Waals surface area contributed by atoms with Crippen molar-refractivity contribution in [3.8, 4) is 5.75 Å². The second kappa shape index (κ2) is 8.87. The molecule has 6 heteroatoms. The molecule has 2 aromatic rings.